The van der Waals surface area contributed by atoms with E-state index < -0.39 is 0 Å². The van der Waals surface area contributed by atoms with Crippen LogP contribution in [-0.4, -0.2) is 0 Å². The summed E-state index contributed by atoms with van der Waals surface area (Å²) in [5, 5.41) is 0. The number of hydrogen-bond donors (Lipinski definition) is 0. The molecule has 0 amide bonds. The summed E-state index contributed by atoms with van der Waals surface area (Å²) < 4.78 is 5.05. The first-order valence-corrected chi connectivity index (χ1v) is 5.01. The number of aryl methyl sites for hydroxylation is 1. The third-order valence-corrected chi connectivity index (χ3v) is 2.35. The van der Waals surface area contributed by atoms with E-state index in [1.807, 2.05) is 6.07 Å². The second-order valence-electron chi connectivity index (χ2n) is 3.46. The summed E-state index contributed by atoms with van der Waals surface area (Å²) in [5.74, 6) is 0. The number of rotatable bonds is 3. The fourth-order valence-corrected chi connectivity index (χ4v) is 1.58. The summed E-state index contributed by atoms with van der Waals surface area (Å²) in [5.41, 5.74) is 3.77. The van der Waals surface area contributed by atoms with Crippen molar-refractivity contribution < 1.29 is 4.42 Å². The van der Waals surface area contributed by atoms with Gasteiger partial charge in [0.1, 0.15) is 0 Å². The maximum absolute atomic E-state index is 5.05. The lowest BCUT2D eigenvalue weighted by molar-refractivity contribution is 0.568. The van der Waals surface area contributed by atoms with Gasteiger partial charge in [0.25, 0.3) is 0 Å². The second kappa shape index (κ2) is 4.14. The van der Waals surface area contributed by atoms with Crippen LogP contribution < -0.4 is 0 Å². The van der Waals surface area contributed by atoms with Crippen LogP contribution in [0.15, 0.2) is 47.3 Å². The Balaban J connectivity index is 2.22. The Hall–Kier alpha value is -1.50. The Bertz CT molecular complexity index is 370. The summed E-state index contributed by atoms with van der Waals surface area (Å²) in [6, 6.07) is 10.7. The lowest BCUT2D eigenvalue weighted by atomic mass is 10.0. The zero-order valence-corrected chi connectivity index (χ0v) is 8.36. The Labute approximate surface area is 84.4 Å². The molecule has 0 fully saturated rings. The van der Waals surface area contributed by atoms with Crippen LogP contribution in [0.4, 0.5) is 0 Å². The third kappa shape index (κ3) is 1.87. The topological polar surface area (TPSA) is 13.1 Å². The van der Waals surface area contributed by atoms with Crippen LogP contribution in [0.1, 0.15) is 18.9 Å². The van der Waals surface area contributed by atoms with Crippen LogP contribution in [0.3, 0.4) is 0 Å². The van der Waals surface area contributed by atoms with Gasteiger partial charge in [-0.3, -0.25) is 0 Å². The molecule has 1 aromatic carbocycles. The van der Waals surface area contributed by atoms with E-state index in [4.69, 9.17) is 4.42 Å². The van der Waals surface area contributed by atoms with Gasteiger partial charge in [0.15, 0.2) is 0 Å². The maximum atomic E-state index is 5.05. The van der Waals surface area contributed by atoms with Crippen LogP contribution >= 0.6 is 0 Å². The van der Waals surface area contributed by atoms with E-state index >= 15 is 0 Å². The average molecular weight is 186 g/mol. The molecular formula is C13H14O. The van der Waals surface area contributed by atoms with Gasteiger partial charge in [-0.2, -0.15) is 0 Å². The van der Waals surface area contributed by atoms with Crippen LogP contribution in [0.25, 0.3) is 11.1 Å². The van der Waals surface area contributed by atoms with Gasteiger partial charge in [0.2, 0.25) is 0 Å². The Kier molecular flexibility index (Phi) is 2.68. The van der Waals surface area contributed by atoms with Crippen molar-refractivity contribution >= 4 is 0 Å². The summed E-state index contributed by atoms with van der Waals surface area (Å²) in [7, 11) is 0. The predicted octanol–water partition coefficient (Wildman–Crippen LogP) is 3.90. The molecule has 1 heterocycles. The van der Waals surface area contributed by atoms with Crippen molar-refractivity contribution in [3.8, 4) is 11.1 Å². The largest absolute Gasteiger partial charge is 0.472 e. The summed E-state index contributed by atoms with van der Waals surface area (Å²) >= 11 is 0. The van der Waals surface area contributed by atoms with E-state index in [1.54, 1.807) is 12.5 Å². The van der Waals surface area contributed by atoms with Gasteiger partial charge in [-0.05, 0) is 23.6 Å². The molecule has 0 atom stereocenters. The van der Waals surface area contributed by atoms with Crippen LogP contribution in [-0.2, 0) is 6.42 Å². The Morgan fingerprint density at radius 3 is 2.36 bits per heavy atom. The van der Waals surface area contributed by atoms with Crippen molar-refractivity contribution in [1.29, 1.82) is 0 Å². The van der Waals surface area contributed by atoms with E-state index in [0.717, 1.165) is 12.0 Å². The normalized spacial score (nSPS) is 10.4. The minimum atomic E-state index is 1.15. The summed E-state index contributed by atoms with van der Waals surface area (Å²) in [6.45, 7) is 2.20. The smallest absolute Gasteiger partial charge is 0.0980 e. The molecule has 0 radical (unpaired) electrons. The zero-order valence-electron chi connectivity index (χ0n) is 8.36. The predicted molar refractivity (Wildman–Crippen MR) is 58.1 cm³/mol. The minimum Gasteiger partial charge on any atom is -0.472 e. The van der Waals surface area contributed by atoms with Gasteiger partial charge in [-0.25, -0.2) is 0 Å². The van der Waals surface area contributed by atoms with Gasteiger partial charge in [0.05, 0.1) is 12.5 Å². The summed E-state index contributed by atoms with van der Waals surface area (Å²) in [6.07, 6.45) is 5.83. The molecule has 2 aromatic rings. The number of furan rings is 1. The third-order valence-electron chi connectivity index (χ3n) is 2.35. The molecule has 1 aromatic heterocycles. The second-order valence-corrected chi connectivity index (χ2v) is 3.46. The van der Waals surface area contributed by atoms with E-state index in [0.29, 0.717) is 0 Å². The zero-order chi connectivity index (χ0) is 9.80. The van der Waals surface area contributed by atoms with E-state index in [2.05, 4.69) is 31.2 Å². The first kappa shape index (κ1) is 9.07. The minimum absolute atomic E-state index is 1.15. The molecule has 0 N–H and O–H groups in total. The van der Waals surface area contributed by atoms with Gasteiger partial charge in [-0.15, -0.1) is 0 Å². The molecule has 0 bridgehead atoms. The van der Waals surface area contributed by atoms with Crippen LogP contribution in [0, 0.1) is 0 Å². The molecule has 14 heavy (non-hydrogen) atoms. The number of benzene rings is 1. The highest BCUT2D eigenvalue weighted by Crippen LogP contribution is 2.20. The maximum Gasteiger partial charge on any atom is 0.0980 e. The molecule has 2 rings (SSSR count). The number of hydrogen-bond acceptors (Lipinski definition) is 1. The average Bonchev–Trinajstić information content (AvgIpc) is 2.72. The highest BCUT2D eigenvalue weighted by atomic mass is 16.3. The monoisotopic (exact) mass is 186 g/mol. The SMILES string of the molecule is CCCc1ccc(-c2ccoc2)cc1. The van der Waals surface area contributed by atoms with E-state index in [1.165, 1.54) is 17.5 Å². The quantitative estimate of drug-likeness (QED) is 0.708. The van der Waals surface area contributed by atoms with E-state index in [-0.39, 0.29) is 0 Å². The molecule has 1 nitrogen and oxygen atoms in total. The fraction of sp³-hybridized carbons (Fsp3) is 0.231. The molecule has 0 aliphatic carbocycles. The lowest BCUT2D eigenvalue weighted by Crippen LogP contribution is -1.82. The fourth-order valence-electron chi connectivity index (χ4n) is 1.58. The van der Waals surface area contributed by atoms with Crippen molar-refractivity contribution in [3.05, 3.63) is 48.4 Å². The first-order chi connectivity index (χ1) is 6.90. The van der Waals surface area contributed by atoms with Gasteiger partial charge < -0.3 is 4.42 Å². The highest BCUT2D eigenvalue weighted by molar-refractivity contribution is 5.62. The Morgan fingerprint density at radius 2 is 1.79 bits per heavy atom. The Morgan fingerprint density at radius 1 is 1.00 bits per heavy atom. The van der Waals surface area contributed by atoms with Crippen molar-refractivity contribution in [3.63, 3.8) is 0 Å². The summed E-state index contributed by atoms with van der Waals surface area (Å²) in [4.78, 5) is 0. The highest BCUT2D eigenvalue weighted by Gasteiger charge is 1.98. The van der Waals surface area contributed by atoms with Crippen LogP contribution in [0.2, 0.25) is 0 Å². The first-order valence-electron chi connectivity index (χ1n) is 5.01. The van der Waals surface area contributed by atoms with E-state index in [9.17, 15) is 0 Å². The molecule has 1 heteroatoms. The standard InChI is InChI=1S/C13H14O/c1-2-3-11-4-6-12(7-5-11)13-8-9-14-10-13/h4-10H,2-3H2,1H3. The molecule has 0 aliphatic rings. The van der Waals surface area contributed by atoms with Crippen molar-refractivity contribution in [2.75, 3.05) is 0 Å². The molecule has 0 spiro atoms. The molecule has 0 saturated carbocycles. The molecular weight excluding hydrogens is 172 g/mol. The van der Waals surface area contributed by atoms with Crippen molar-refractivity contribution in [2.45, 2.75) is 19.8 Å². The van der Waals surface area contributed by atoms with Gasteiger partial charge in [-0.1, -0.05) is 37.6 Å². The molecule has 0 aliphatic heterocycles. The molecule has 0 saturated heterocycles. The molecule has 0 unspecified atom stereocenters. The molecule has 72 valence electrons. The lowest BCUT2D eigenvalue weighted by Gasteiger charge is -2.00. The van der Waals surface area contributed by atoms with Crippen molar-refractivity contribution in [2.24, 2.45) is 0 Å². The van der Waals surface area contributed by atoms with Crippen molar-refractivity contribution in [1.82, 2.24) is 0 Å². The van der Waals surface area contributed by atoms with Gasteiger partial charge >= 0.3 is 0 Å². The van der Waals surface area contributed by atoms with Gasteiger partial charge in [0, 0.05) is 5.56 Å². The van der Waals surface area contributed by atoms with Crippen LogP contribution in [0.5, 0.6) is 0 Å².